The normalized spacial score (nSPS) is 12.9. The van der Waals surface area contributed by atoms with Crippen molar-refractivity contribution >= 4 is 0 Å². The minimum atomic E-state index is -4.00. The zero-order valence-electron chi connectivity index (χ0n) is 38.7. The van der Waals surface area contributed by atoms with Crippen LogP contribution in [0.3, 0.4) is 0 Å². The fourth-order valence-corrected chi connectivity index (χ4v) is 2.05. The number of hydrogen-bond donors (Lipinski definition) is 0. The van der Waals surface area contributed by atoms with Crippen LogP contribution in [0.15, 0.2) is 0 Å². The Morgan fingerprint density at radius 1 is 0.431 bits per heavy atom. The molecule has 0 bridgehead atoms. The van der Waals surface area contributed by atoms with Crippen LogP contribution in [-0.2, 0) is 0 Å². The second kappa shape index (κ2) is 38.8. The fraction of sp³-hybridized carbons (Fsp3) is 1.00. The lowest BCUT2D eigenvalue weighted by Crippen LogP contribution is -2.42. The average Bonchev–Trinajstić information content (AvgIpc) is 2.95. The Balaban J connectivity index is -0.0000000679. The third kappa shape index (κ3) is 72.5. The first-order valence-corrected chi connectivity index (χ1v) is 19.3. The molecule has 0 fully saturated rings. The van der Waals surface area contributed by atoms with Crippen molar-refractivity contribution in [2.24, 2.45) is 53.3 Å². The second-order valence-corrected chi connectivity index (χ2v) is 17.1. The van der Waals surface area contributed by atoms with Crippen LogP contribution in [0, 0.1) is 53.3 Å². The molecule has 0 saturated heterocycles. The van der Waals surface area contributed by atoms with Crippen molar-refractivity contribution in [3.63, 3.8) is 0 Å². The van der Waals surface area contributed by atoms with Crippen molar-refractivity contribution in [2.75, 3.05) is 13.3 Å². The van der Waals surface area contributed by atoms with Crippen molar-refractivity contribution in [2.45, 2.75) is 208 Å². The summed E-state index contributed by atoms with van der Waals surface area (Å²) in [5.74, 6) is -14.8. The van der Waals surface area contributed by atoms with Gasteiger partial charge in [0.25, 0.3) is 0 Å². The van der Waals surface area contributed by atoms with E-state index in [4.69, 9.17) is 0 Å². The number of halogens is 16. The molecule has 0 aromatic heterocycles. The summed E-state index contributed by atoms with van der Waals surface area (Å²) < 4.78 is 187. The summed E-state index contributed by atoms with van der Waals surface area (Å²) in [7, 11) is 0. The van der Waals surface area contributed by atoms with Crippen molar-refractivity contribution in [1.82, 2.24) is 0 Å². The number of hydrogen-bond acceptors (Lipinski definition) is 0. The van der Waals surface area contributed by atoms with Crippen molar-refractivity contribution in [3.05, 3.63) is 0 Å². The predicted octanol–water partition coefficient (Wildman–Crippen LogP) is 18.9. The predicted molar refractivity (Wildman–Crippen MR) is 215 cm³/mol. The zero-order valence-corrected chi connectivity index (χ0v) is 38.7. The highest BCUT2D eigenvalue weighted by Gasteiger charge is 2.54. The van der Waals surface area contributed by atoms with Gasteiger partial charge in [0, 0.05) is 37.0 Å². The fourth-order valence-electron chi connectivity index (χ4n) is 2.05. The molecule has 0 saturated carbocycles. The third-order valence-electron chi connectivity index (χ3n) is 6.74. The van der Waals surface area contributed by atoms with Crippen LogP contribution in [0.4, 0.5) is 70.2 Å². The van der Waals surface area contributed by atoms with Gasteiger partial charge in [-0.25, -0.2) is 39.5 Å². The second-order valence-electron chi connectivity index (χ2n) is 17.1. The highest BCUT2D eigenvalue weighted by molar-refractivity contribution is 4.83. The van der Waals surface area contributed by atoms with E-state index in [-0.39, 0.29) is 51.9 Å². The van der Waals surface area contributed by atoms with E-state index in [1.54, 1.807) is 20.8 Å². The van der Waals surface area contributed by atoms with E-state index in [1.807, 2.05) is 48.5 Å². The minimum Gasteiger partial charge on any atom is -0.251 e. The molecule has 0 spiro atoms. The topological polar surface area (TPSA) is 0 Å². The molecular weight excluding hydrogens is 808 g/mol. The highest BCUT2D eigenvalue weighted by Crippen LogP contribution is 2.39. The Morgan fingerprint density at radius 2 is 0.707 bits per heavy atom. The van der Waals surface area contributed by atoms with Gasteiger partial charge in [-0.3, -0.25) is 8.78 Å². The molecule has 0 amide bonds. The molecular formula is C42H86F16. The van der Waals surface area contributed by atoms with E-state index in [0.29, 0.717) is 18.3 Å². The molecule has 0 rings (SSSR count). The standard InChI is InChI=1S/C6H10F4.C6H12F2.2C6H13F.C5H10F2.C4H7F3.C4H8F2.C4H9F.CH4/c1-4(2)6(9,10)5(3,7)8;1-5(2)4-6(3,7)8;1-5(2)6(3)4-7;1-5(2)4-6(3)7;1-4(2)5(3,6)7;1-3(2)4(5,6)7;1-3(2)4(5)6;1-4(2)3-5;/h4H,1-3H3;5H,4H2,1-3H3;2*5-6H,4H2,1-3H3;4H,1-3H3;3H,1-2H3;3-4H,1-2H3;4H,3H2,1-2H3;1H4. The van der Waals surface area contributed by atoms with Gasteiger partial charge in [-0.2, -0.15) is 22.0 Å². The minimum absolute atomic E-state index is 0. The monoisotopic (exact) mass is 895 g/mol. The molecule has 0 aliphatic carbocycles. The smallest absolute Gasteiger partial charge is 0.251 e. The molecule has 366 valence electrons. The van der Waals surface area contributed by atoms with Crippen molar-refractivity contribution in [3.8, 4) is 0 Å². The van der Waals surface area contributed by atoms with Crippen molar-refractivity contribution in [1.29, 1.82) is 0 Å². The van der Waals surface area contributed by atoms with E-state index >= 15 is 0 Å². The summed E-state index contributed by atoms with van der Waals surface area (Å²) in [5.41, 5.74) is 0. The molecule has 0 nitrogen and oxygen atoms in total. The maximum Gasteiger partial charge on any atom is 0.391 e. The van der Waals surface area contributed by atoms with Gasteiger partial charge in [0.2, 0.25) is 18.3 Å². The van der Waals surface area contributed by atoms with Crippen LogP contribution in [-0.4, -0.2) is 55.8 Å². The van der Waals surface area contributed by atoms with E-state index < -0.39 is 66.1 Å². The first-order chi connectivity index (χ1) is 24.7. The molecule has 0 N–H and O–H groups in total. The van der Waals surface area contributed by atoms with Crippen LogP contribution in [0.5, 0.6) is 0 Å². The Kier molecular flexibility index (Phi) is 51.8. The van der Waals surface area contributed by atoms with Gasteiger partial charge in [-0.05, 0) is 56.8 Å². The number of rotatable bonds is 11. The lowest BCUT2D eigenvalue weighted by atomic mass is 10.0. The SMILES string of the molecule is C.CC(C)C(C)(F)F.CC(C)C(C)CF.CC(C)C(F)(F)C(C)(F)F.CC(C)C(F)(F)F.CC(C)C(F)F.CC(C)CC(C)(F)F.CC(C)CC(C)F.CC(C)CF. The molecule has 0 radical (unpaired) electrons. The van der Waals surface area contributed by atoms with Crippen LogP contribution in [0.2, 0.25) is 0 Å². The quantitative estimate of drug-likeness (QED) is 0.181. The van der Waals surface area contributed by atoms with Gasteiger partial charge in [-0.1, -0.05) is 125 Å². The Labute approximate surface area is 344 Å². The van der Waals surface area contributed by atoms with Gasteiger partial charge >= 0.3 is 18.0 Å². The molecule has 58 heavy (non-hydrogen) atoms. The molecule has 16 heteroatoms. The Morgan fingerprint density at radius 3 is 0.707 bits per heavy atom. The van der Waals surface area contributed by atoms with Crippen molar-refractivity contribution < 1.29 is 70.2 Å². The largest absolute Gasteiger partial charge is 0.391 e. The van der Waals surface area contributed by atoms with Crippen LogP contribution in [0.1, 0.15) is 166 Å². The molecule has 0 aromatic rings. The van der Waals surface area contributed by atoms with Gasteiger partial charge in [-0.15, -0.1) is 0 Å². The maximum atomic E-state index is 12.3. The highest BCUT2D eigenvalue weighted by atomic mass is 19.4. The Bertz CT molecular complexity index is 770. The van der Waals surface area contributed by atoms with Gasteiger partial charge in [0.1, 0.15) is 0 Å². The molecule has 0 aliphatic heterocycles. The van der Waals surface area contributed by atoms with Crippen LogP contribution >= 0.6 is 0 Å². The molecule has 0 aromatic carbocycles. The van der Waals surface area contributed by atoms with Gasteiger partial charge < -0.3 is 0 Å². The average molecular weight is 895 g/mol. The number of alkyl halides is 16. The zero-order chi connectivity index (χ0) is 48.7. The van der Waals surface area contributed by atoms with Gasteiger partial charge in [0.05, 0.1) is 19.5 Å². The molecule has 2 unspecified atom stereocenters. The summed E-state index contributed by atoms with van der Waals surface area (Å²) in [6, 6.07) is 0. The summed E-state index contributed by atoms with van der Waals surface area (Å²) in [6.45, 7) is 31.0. The van der Waals surface area contributed by atoms with E-state index in [9.17, 15) is 70.2 Å². The van der Waals surface area contributed by atoms with E-state index in [0.717, 1.165) is 41.5 Å². The third-order valence-corrected chi connectivity index (χ3v) is 6.74. The summed E-state index contributed by atoms with van der Waals surface area (Å²) >= 11 is 0. The summed E-state index contributed by atoms with van der Waals surface area (Å²) in [4.78, 5) is 0. The lowest BCUT2D eigenvalue weighted by molar-refractivity contribution is -0.220. The van der Waals surface area contributed by atoms with Gasteiger partial charge in [0.15, 0.2) is 0 Å². The molecule has 0 heterocycles. The first-order valence-electron chi connectivity index (χ1n) is 19.3. The summed E-state index contributed by atoms with van der Waals surface area (Å²) in [5, 5.41) is 0. The first kappa shape index (κ1) is 77.5. The summed E-state index contributed by atoms with van der Waals surface area (Å²) in [6.07, 6.45) is -6.09. The van der Waals surface area contributed by atoms with E-state index in [2.05, 4.69) is 0 Å². The molecule has 2 atom stereocenters. The maximum absolute atomic E-state index is 12.3. The lowest BCUT2D eigenvalue weighted by Gasteiger charge is -2.26. The van der Waals surface area contributed by atoms with E-state index in [1.165, 1.54) is 27.7 Å². The van der Waals surface area contributed by atoms with Crippen LogP contribution in [0.25, 0.3) is 0 Å². The Hall–Kier alpha value is -1.12. The van der Waals surface area contributed by atoms with Crippen LogP contribution < -0.4 is 0 Å². The molecule has 0 aliphatic rings.